The molecule has 0 fully saturated rings. The molecule has 0 aliphatic rings. The lowest BCUT2D eigenvalue weighted by molar-refractivity contribution is -0.123. The zero-order chi connectivity index (χ0) is 15.3. The Labute approximate surface area is 118 Å². The van der Waals surface area contributed by atoms with Crippen molar-refractivity contribution in [1.82, 2.24) is 5.32 Å². The summed E-state index contributed by atoms with van der Waals surface area (Å²) in [6.07, 6.45) is 1.74. The molecule has 0 saturated carbocycles. The molecule has 4 nitrogen and oxygen atoms in total. The number of nitrogens with two attached hydrogens (primary N) is 1. The Morgan fingerprint density at radius 3 is 2.11 bits per heavy atom. The fourth-order valence-corrected chi connectivity index (χ4v) is 2.20. The van der Waals surface area contributed by atoms with Crippen molar-refractivity contribution in [2.24, 2.45) is 16.6 Å². The predicted octanol–water partition coefficient (Wildman–Crippen LogP) is 2.05. The molecule has 0 aromatic carbocycles. The van der Waals surface area contributed by atoms with Crippen molar-refractivity contribution in [2.45, 2.75) is 72.9 Å². The molecule has 0 bridgehead atoms. The second kappa shape index (κ2) is 7.25. The largest absolute Gasteiger partial charge is 0.396 e. The molecule has 2 atom stereocenters. The molecular formula is C15H32N2O2. The van der Waals surface area contributed by atoms with Gasteiger partial charge in [-0.15, -0.1) is 0 Å². The number of hydrogen-bond donors (Lipinski definition) is 3. The molecule has 114 valence electrons. The van der Waals surface area contributed by atoms with Gasteiger partial charge in [-0.25, -0.2) is 0 Å². The number of amides is 1. The average molecular weight is 272 g/mol. The SMILES string of the molecule is CC(C)(C)CC(N)CC(=O)NC(CCO)C(C)(C)C. The lowest BCUT2D eigenvalue weighted by Gasteiger charge is -2.32. The Bertz CT molecular complexity index is 277. The Balaban J connectivity index is 4.35. The van der Waals surface area contributed by atoms with Gasteiger partial charge in [0.2, 0.25) is 5.91 Å². The number of carbonyl (C=O) groups excluding carboxylic acids is 1. The van der Waals surface area contributed by atoms with E-state index in [1.54, 1.807) is 0 Å². The molecule has 0 rings (SSSR count). The van der Waals surface area contributed by atoms with E-state index in [9.17, 15) is 4.79 Å². The molecule has 4 heteroatoms. The Kier molecular flexibility index (Phi) is 7.01. The van der Waals surface area contributed by atoms with Crippen LogP contribution in [0.5, 0.6) is 0 Å². The summed E-state index contributed by atoms with van der Waals surface area (Å²) >= 11 is 0. The summed E-state index contributed by atoms with van der Waals surface area (Å²) in [4.78, 5) is 12.0. The van der Waals surface area contributed by atoms with Crippen LogP contribution in [0.2, 0.25) is 0 Å². The molecule has 0 aliphatic heterocycles. The second-order valence-corrected chi connectivity index (χ2v) is 7.73. The summed E-state index contributed by atoms with van der Waals surface area (Å²) in [6, 6.07) is -0.137. The van der Waals surface area contributed by atoms with Crippen molar-refractivity contribution < 1.29 is 9.90 Å². The van der Waals surface area contributed by atoms with Gasteiger partial charge in [0, 0.05) is 25.1 Å². The van der Waals surface area contributed by atoms with Crippen molar-refractivity contribution in [3.05, 3.63) is 0 Å². The second-order valence-electron chi connectivity index (χ2n) is 7.73. The fraction of sp³-hybridized carbons (Fsp3) is 0.933. The summed E-state index contributed by atoms with van der Waals surface area (Å²) in [7, 11) is 0. The van der Waals surface area contributed by atoms with Gasteiger partial charge < -0.3 is 16.2 Å². The highest BCUT2D eigenvalue weighted by atomic mass is 16.3. The van der Waals surface area contributed by atoms with E-state index in [-0.39, 0.29) is 35.4 Å². The van der Waals surface area contributed by atoms with Gasteiger partial charge in [-0.3, -0.25) is 4.79 Å². The van der Waals surface area contributed by atoms with Crippen LogP contribution in [0.3, 0.4) is 0 Å². The first kappa shape index (κ1) is 18.4. The first-order chi connectivity index (χ1) is 8.45. The van der Waals surface area contributed by atoms with Crippen LogP contribution < -0.4 is 11.1 Å². The van der Waals surface area contributed by atoms with Crippen molar-refractivity contribution in [3.8, 4) is 0 Å². The average Bonchev–Trinajstić information content (AvgIpc) is 2.11. The molecule has 4 N–H and O–H groups in total. The van der Waals surface area contributed by atoms with Crippen LogP contribution in [0.25, 0.3) is 0 Å². The summed E-state index contributed by atoms with van der Waals surface area (Å²) in [5.74, 6) is -0.0230. The molecule has 1 amide bonds. The number of carbonyl (C=O) groups is 1. The normalized spacial score (nSPS) is 16.0. The van der Waals surface area contributed by atoms with E-state index < -0.39 is 0 Å². The van der Waals surface area contributed by atoms with Crippen LogP contribution in [-0.4, -0.2) is 29.7 Å². The third-order valence-electron chi connectivity index (χ3n) is 3.12. The summed E-state index contributed by atoms with van der Waals surface area (Å²) in [5, 5.41) is 12.1. The molecule has 0 aromatic heterocycles. The van der Waals surface area contributed by atoms with E-state index in [2.05, 4.69) is 46.9 Å². The number of rotatable bonds is 6. The van der Waals surface area contributed by atoms with Crippen molar-refractivity contribution in [1.29, 1.82) is 0 Å². The summed E-state index contributed by atoms with van der Waals surface area (Å²) in [6.45, 7) is 12.6. The van der Waals surface area contributed by atoms with Crippen molar-refractivity contribution in [2.75, 3.05) is 6.61 Å². The van der Waals surface area contributed by atoms with E-state index in [1.165, 1.54) is 0 Å². The lowest BCUT2D eigenvalue weighted by Crippen LogP contribution is -2.46. The van der Waals surface area contributed by atoms with Crippen LogP contribution >= 0.6 is 0 Å². The number of nitrogens with one attached hydrogen (secondary N) is 1. The first-order valence-electron chi connectivity index (χ1n) is 7.11. The third kappa shape index (κ3) is 9.00. The molecular weight excluding hydrogens is 240 g/mol. The van der Waals surface area contributed by atoms with E-state index in [0.717, 1.165) is 6.42 Å². The maximum atomic E-state index is 12.0. The summed E-state index contributed by atoms with van der Waals surface area (Å²) < 4.78 is 0. The Morgan fingerprint density at radius 2 is 1.74 bits per heavy atom. The molecule has 0 aromatic rings. The minimum Gasteiger partial charge on any atom is -0.396 e. The van der Waals surface area contributed by atoms with Gasteiger partial charge in [0.15, 0.2) is 0 Å². The first-order valence-corrected chi connectivity index (χ1v) is 7.11. The van der Waals surface area contributed by atoms with Crippen LogP contribution in [0.1, 0.15) is 60.8 Å². The monoisotopic (exact) mass is 272 g/mol. The van der Waals surface area contributed by atoms with Gasteiger partial charge in [0.05, 0.1) is 0 Å². The van der Waals surface area contributed by atoms with Gasteiger partial charge in [-0.1, -0.05) is 41.5 Å². The number of aliphatic hydroxyl groups is 1. The van der Waals surface area contributed by atoms with Gasteiger partial charge in [-0.05, 0) is 23.7 Å². The van der Waals surface area contributed by atoms with Crippen molar-refractivity contribution >= 4 is 5.91 Å². The van der Waals surface area contributed by atoms with Gasteiger partial charge in [-0.2, -0.15) is 0 Å². The van der Waals surface area contributed by atoms with Crippen LogP contribution in [0.4, 0.5) is 0 Å². The number of aliphatic hydroxyl groups excluding tert-OH is 1. The molecule has 0 radical (unpaired) electrons. The maximum absolute atomic E-state index is 12.0. The van der Waals surface area contributed by atoms with Crippen LogP contribution in [0, 0.1) is 10.8 Å². The zero-order valence-corrected chi connectivity index (χ0v) is 13.4. The Morgan fingerprint density at radius 1 is 1.21 bits per heavy atom. The van der Waals surface area contributed by atoms with Gasteiger partial charge in [0.1, 0.15) is 0 Å². The third-order valence-corrected chi connectivity index (χ3v) is 3.12. The van der Waals surface area contributed by atoms with Gasteiger partial charge in [0.25, 0.3) is 0 Å². The minimum absolute atomic E-state index is 0.0214. The Hall–Kier alpha value is -0.610. The fourth-order valence-electron chi connectivity index (χ4n) is 2.20. The highest BCUT2D eigenvalue weighted by Gasteiger charge is 2.26. The molecule has 0 aliphatic carbocycles. The van der Waals surface area contributed by atoms with Gasteiger partial charge >= 0.3 is 0 Å². The van der Waals surface area contributed by atoms with Crippen molar-refractivity contribution in [3.63, 3.8) is 0 Å². The highest BCUT2D eigenvalue weighted by molar-refractivity contribution is 5.77. The molecule has 0 saturated heterocycles. The predicted molar refractivity (Wildman–Crippen MR) is 79.8 cm³/mol. The van der Waals surface area contributed by atoms with Crippen LogP contribution in [0.15, 0.2) is 0 Å². The molecule has 0 heterocycles. The zero-order valence-electron chi connectivity index (χ0n) is 13.4. The maximum Gasteiger partial charge on any atom is 0.221 e. The van der Waals surface area contributed by atoms with E-state index in [0.29, 0.717) is 12.8 Å². The lowest BCUT2D eigenvalue weighted by atomic mass is 9.84. The van der Waals surface area contributed by atoms with E-state index in [1.807, 2.05) is 0 Å². The minimum atomic E-state index is -0.116. The van der Waals surface area contributed by atoms with Crippen LogP contribution in [-0.2, 0) is 4.79 Å². The van der Waals surface area contributed by atoms with E-state index in [4.69, 9.17) is 10.8 Å². The highest BCUT2D eigenvalue weighted by Crippen LogP contribution is 2.23. The molecule has 0 spiro atoms. The summed E-state index contributed by atoms with van der Waals surface area (Å²) in [5.41, 5.74) is 6.08. The standard InChI is InChI=1S/C15H32N2O2/c1-14(2,3)10-11(16)9-13(19)17-12(7-8-18)15(4,5)6/h11-12,18H,7-10,16H2,1-6H3,(H,17,19). The quantitative estimate of drug-likeness (QED) is 0.692. The molecule has 19 heavy (non-hydrogen) atoms. The topological polar surface area (TPSA) is 75.4 Å². The van der Waals surface area contributed by atoms with E-state index >= 15 is 0 Å². The smallest absolute Gasteiger partial charge is 0.221 e. The molecule has 2 unspecified atom stereocenters. The number of hydrogen-bond acceptors (Lipinski definition) is 3.